The highest BCUT2D eigenvalue weighted by molar-refractivity contribution is 6.31. The fraction of sp³-hybridized carbons (Fsp3) is 0.400. The third-order valence-corrected chi connectivity index (χ3v) is 5.25. The number of nitrogens with zero attached hydrogens (tertiary/aromatic N) is 3. The predicted octanol–water partition coefficient (Wildman–Crippen LogP) is 3.28. The van der Waals surface area contributed by atoms with Crippen molar-refractivity contribution in [2.75, 3.05) is 42.9 Å². The summed E-state index contributed by atoms with van der Waals surface area (Å²) in [5.74, 6) is -0.331. The number of benzene rings is 1. The van der Waals surface area contributed by atoms with Crippen LogP contribution in [0.1, 0.15) is 34.7 Å². The number of aromatic nitrogens is 1. The molecular weight excluding hydrogens is 364 g/mol. The van der Waals surface area contributed by atoms with Gasteiger partial charge in [-0.25, -0.2) is 0 Å². The van der Waals surface area contributed by atoms with Crippen molar-refractivity contribution in [2.45, 2.75) is 13.8 Å². The first-order chi connectivity index (χ1) is 12.9. The summed E-state index contributed by atoms with van der Waals surface area (Å²) in [7, 11) is 1.75. The number of rotatable bonds is 5. The van der Waals surface area contributed by atoms with Gasteiger partial charge in [0, 0.05) is 50.0 Å². The van der Waals surface area contributed by atoms with Gasteiger partial charge >= 0.3 is 0 Å². The lowest BCUT2D eigenvalue weighted by Crippen LogP contribution is -2.46. The molecule has 3 rings (SSSR count). The summed E-state index contributed by atoms with van der Waals surface area (Å²) in [5.41, 5.74) is 2.60. The number of aryl methyl sites for hydroxylation is 1. The van der Waals surface area contributed by atoms with Crippen LogP contribution < -0.4 is 10.2 Å². The molecule has 1 saturated heterocycles. The Kier molecular flexibility index (Phi) is 5.87. The molecule has 0 aliphatic carbocycles. The van der Waals surface area contributed by atoms with E-state index in [0.29, 0.717) is 22.0 Å². The third kappa shape index (κ3) is 4.34. The molecule has 2 heterocycles. The van der Waals surface area contributed by atoms with Crippen LogP contribution in [0, 0.1) is 0 Å². The van der Waals surface area contributed by atoms with E-state index in [1.807, 2.05) is 12.1 Å². The second-order valence-corrected chi connectivity index (χ2v) is 7.25. The van der Waals surface area contributed by atoms with Gasteiger partial charge in [0.05, 0.1) is 11.4 Å². The maximum Gasteiger partial charge on any atom is 0.272 e. The van der Waals surface area contributed by atoms with Crippen molar-refractivity contribution in [1.82, 2.24) is 9.47 Å². The topological polar surface area (TPSA) is 57.6 Å². The maximum atomic E-state index is 12.8. The molecule has 1 aliphatic rings. The molecule has 1 aromatic heterocycles. The first-order valence-corrected chi connectivity index (χ1v) is 9.52. The van der Waals surface area contributed by atoms with Gasteiger partial charge in [0.2, 0.25) is 0 Å². The largest absolute Gasteiger partial charge is 0.367 e. The van der Waals surface area contributed by atoms with E-state index in [0.717, 1.165) is 38.4 Å². The number of piperazine rings is 1. The zero-order chi connectivity index (χ0) is 19.6. The molecule has 0 atom stereocenters. The normalized spacial score (nSPS) is 15.0. The standard InChI is InChI=1S/C20H25ClN4O2/c1-4-24-7-9-25(10-8-24)18-6-5-16(21)12-17(18)22-20(27)19-11-15(14(2)26)13-23(19)3/h5-6,11-13H,4,7-10H2,1-3H3,(H,22,27). The van der Waals surface area contributed by atoms with Gasteiger partial charge < -0.3 is 19.7 Å². The Hall–Kier alpha value is -2.31. The van der Waals surface area contributed by atoms with Crippen molar-refractivity contribution in [3.05, 3.63) is 46.7 Å². The second-order valence-electron chi connectivity index (χ2n) is 6.82. The molecule has 0 spiro atoms. The summed E-state index contributed by atoms with van der Waals surface area (Å²) in [4.78, 5) is 29.0. The Labute approximate surface area is 164 Å². The predicted molar refractivity (Wildman–Crippen MR) is 109 cm³/mol. The number of ketones is 1. The summed E-state index contributed by atoms with van der Waals surface area (Å²) in [6.45, 7) is 8.48. The zero-order valence-electron chi connectivity index (χ0n) is 16.0. The molecule has 0 bridgehead atoms. The molecule has 1 fully saturated rings. The third-order valence-electron chi connectivity index (χ3n) is 5.01. The van der Waals surface area contributed by atoms with Crippen LogP contribution in [-0.2, 0) is 7.05 Å². The lowest BCUT2D eigenvalue weighted by Gasteiger charge is -2.36. The molecule has 0 radical (unpaired) electrons. The fourth-order valence-electron chi connectivity index (χ4n) is 3.36. The number of Topliss-reactive ketones (excluding diaryl/α,β-unsaturated/α-hetero) is 1. The Morgan fingerprint density at radius 2 is 1.85 bits per heavy atom. The van der Waals surface area contributed by atoms with Gasteiger partial charge in [-0.15, -0.1) is 0 Å². The number of halogens is 1. The summed E-state index contributed by atoms with van der Waals surface area (Å²) >= 11 is 6.18. The van der Waals surface area contributed by atoms with Crippen molar-refractivity contribution in [3.63, 3.8) is 0 Å². The average molecular weight is 389 g/mol. The van der Waals surface area contributed by atoms with E-state index in [2.05, 4.69) is 22.0 Å². The van der Waals surface area contributed by atoms with Crippen molar-refractivity contribution in [2.24, 2.45) is 7.05 Å². The first kappa shape index (κ1) is 19.5. The summed E-state index contributed by atoms with van der Waals surface area (Å²) in [6.07, 6.45) is 1.67. The molecule has 0 unspecified atom stereocenters. The molecule has 1 aromatic carbocycles. The van der Waals surface area contributed by atoms with E-state index in [1.165, 1.54) is 6.92 Å². The van der Waals surface area contributed by atoms with Gasteiger partial charge in [-0.3, -0.25) is 9.59 Å². The number of hydrogen-bond acceptors (Lipinski definition) is 4. The molecule has 1 amide bonds. The second kappa shape index (κ2) is 8.15. The highest BCUT2D eigenvalue weighted by atomic mass is 35.5. The lowest BCUT2D eigenvalue weighted by atomic mass is 10.2. The van der Waals surface area contributed by atoms with E-state index in [1.54, 1.807) is 29.9 Å². The summed E-state index contributed by atoms with van der Waals surface area (Å²) < 4.78 is 1.66. The average Bonchev–Trinajstić information content (AvgIpc) is 3.04. The van der Waals surface area contributed by atoms with Crippen LogP contribution in [-0.4, -0.2) is 53.9 Å². The molecule has 7 heteroatoms. The highest BCUT2D eigenvalue weighted by Crippen LogP contribution is 2.30. The number of carbonyl (C=O) groups is 2. The highest BCUT2D eigenvalue weighted by Gasteiger charge is 2.21. The van der Waals surface area contributed by atoms with Crippen LogP contribution in [0.5, 0.6) is 0 Å². The number of hydrogen-bond donors (Lipinski definition) is 1. The molecule has 0 saturated carbocycles. The van der Waals surface area contributed by atoms with Crippen molar-refractivity contribution >= 4 is 34.7 Å². The van der Waals surface area contributed by atoms with Gasteiger partial charge in [0.15, 0.2) is 5.78 Å². The minimum Gasteiger partial charge on any atom is -0.367 e. The quantitative estimate of drug-likeness (QED) is 0.798. The zero-order valence-corrected chi connectivity index (χ0v) is 16.7. The van der Waals surface area contributed by atoms with Crippen molar-refractivity contribution in [3.8, 4) is 0 Å². The number of likely N-dealkylation sites (N-methyl/N-ethyl adjacent to an activating group) is 1. The van der Waals surface area contributed by atoms with E-state index >= 15 is 0 Å². The maximum absolute atomic E-state index is 12.8. The van der Waals surface area contributed by atoms with E-state index in [-0.39, 0.29) is 11.7 Å². The Morgan fingerprint density at radius 3 is 2.44 bits per heavy atom. The van der Waals surface area contributed by atoms with Crippen LogP contribution >= 0.6 is 11.6 Å². The summed E-state index contributed by atoms with van der Waals surface area (Å²) in [5, 5.41) is 3.54. The van der Waals surface area contributed by atoms with Crippen molar-refractivity contribution < 1.29 is 9.59 Å². The fourth-order valence-corrected chi connectivity index (χ4v) is 3.53. The minimum atomic E-state index is -0.263. The molecule has 1 N–H and O–H groups in total. The number of amides is 1. The Morgan fingerprint density at radius 1 is 1.15 bits per heavy atom. The number of anilines is 2. The number of nitrogens with one attached hydrogen (secondary N) is 1. The Balaban J connectivity index is 1.83. The smallest absolute Gasteiger partial charge is 0.272 e. The minimum absolute atomic E-state index is 0.0677. The van der Waals surface area contributed by atoms with Gasteiger partial charge in [-0.05, 0) is 37.7 Å². The molecular formula is C20H25ClN4O2. The lowest BCUT2D eigenvalue weighted by molar-refractivity contribution is 0.101. The SMILES string of the molecule is CCN1CCN(c2ccc(Cl)cc2NC(=O)c2cc(C(C)=O)cn2C)CC1. The van der Waals surface area contributed by atoms with Gasteiger partial charge in [-0.1, -0.05) is 18.5 Å². The van der Waals surface area contributed by atoms with Crippen LogP contribution in [0.25, 0.3) is 0 Å². The van der Waals surface area contributed by atoms with Crippen LogP contribution in [0.4, 0.5) is 11.4 Å². The molecule has 2 aromatic rings. The van der Waals surface area contributed by atoms with Gasteiger partial charge in [0.1, 0.15) is 5.69 Å². The van der Waals surface area contributed by atoms with Crippen molar-refractivity contribution in [1.29, 1.82) is 0 Å². The monoisotopic (exact) mass is 388 g/mol. The molecule has 6 nitrogen and oxygen atoms in total. The van der Waals surface area contributed by atoms with E-state index in [4.69, 9.17) is 11.6 Å². The van der Waals surface area contributed by atoms with Gasteiger partial charge in [-0.2, -0.15) is 0 Å². The van der Waals surface area contributed by atoms with E-state index in [9.17, 15) is 9.59 Å². The molecule has 27 heavy (non-hydrogen) atoms. The van der Waals surface area contributed by atoms with Crippen LogP contribution in [0.15, 0.2) is 30.5 Å². The molecule has 1 aliphatic heterocycles. The summed E-state index contributed by atoms with van der Waals surface area (Å²) in [6, 6.07) is 7.18. The van der Waals surface area contributed by atoms with Gasteiger partial charge in [0.25, 0.3) is 5.91 Å². The van der Waals surface area contributed by atoms with Crippen LogP contribution in [0.2, 0.25) is 5.02 Å². The first-order valence-electron chi connectivity index (χ1n) is 9.14. The number of carbonyl (C=O) groups excluding carboxylic acids is 2. The van der Waals surface area contributed by atoms with Crippen LogP contribution in [0.3, 0.4) is 0 Å². The molecule has 144 valence electrons. The Bertz CT molecular complexity index is 854. The van der Waals surface area contributed by atoms with E-state index < -0.39 is 0 Å².